The first-order chi connectivity index (χ1) is 8.75. The number of hydrogen-bond acceptors (Lipinski definition) is 3. The molecule has 1 aromatic rings. The summed E-state index contributed by atoms with van der Waals surface area (Å²) >= 11 is 0. The maximum absolute atomic E-state index is 12.5. The number of hydrogen-bond donors (Lipinski definition) is 1. The maximum Gasteiger partial charge on any atom is 0.254 e. The van der Waals surface area contributed by atoms with Crippen molar-refractivity contribution in [2.45, 2.75) is 38.1 Å². The number of nitrogens with zero attached hydrogens (tertiary/aromatic N) is 2. The van der Waals surface area contributed by atoms with Gasteiger partial charge in [-0.1, -0.05) is 12.8 Å². The molecule has 2 atom stereocenters. The predicted octanol–water partition coefficient (Wildman–Crippen LogP) is 2.07. The lowest BCUT2D eigenvalue weighted by Gasteiger charge is -2.31. The molecule has 0 radical (unpaired) electrons. The molecule has 3 rings (SSSR count). The molecular formula is C14H19N3O. The van der Waals surface area contributed by atoms with Crippen LogP contribution in [0.5, 0.6) is 0 Å². The molecule has 0 aromatic carbocycles. The molecule has 4 nitrogen and oxygen atoms in total. The molecule has 1 saturated heterocycles. The summed E-state index contributed by atoms with van der Waals surface area (Å²) in [4.78, 5) is 18.5. The van der Waals surface area contributed by atoms with Gasteiger partial charge in [0.2, 0.25) is 0 Å². The third kappa shape index (κ3) is 1.96. The molecule has 1 aliphatic carbocycles. The Labute approximate surface area is 107 Å². The van der Waals surface area contributed by atoms with Crippen molar-refractivity contribution in [1.82, 2.24) is 9.88 Å². The van der Waals surface area contributed by atoms with Crippen molar-refractivity contribution in [1.29, 1.82) is 0 Å². The van der Waals surface area contributed by atoms with Gasteiger partial charge in [0.25, 0.3) is 5.91 Å². The molecule has 1 amide bonds. The van der Waals surface area contributed by atoms with Crippen molar-refractivity contribution in [3.63, 3.8) is 0 Å². The van der Waals surface area contributed by atoms with Crippen molar-refractivity contribution in [2.24, 2.45) is 5.92 Å². The number of anilines is 1. The smallest absolute Gasteiger partial charge is 0.254 e. The van der Waals surface area contributed by atoms with Crippen LogP contribution in [0.15, 0.2) is 18.3 Å². The van der Waals surface area contributed by atoms with Gasteiger partial charge in [0.15, 0.2) is 0 Å². The summed E-state index contributed by atoms with van der Waals surface area (Å²) in [6, 6.07) is 3.90. The van der Waals surface area contributed by atoms with Crippen LogP contribution < -0.4 is 5.73 Å². The Bertz CT molecular complexity index is 460. The summed E-state index contributed by atoms with van der Waals surface area (Å²) in [6.45, 7) is 0.899. The molecule has 96 valence electrons. The van der Waals surface area contributed by atoms with E-state index in [2.05, 4.69) is 9.88 Å². The van der Waals surface area contributed by atoms with Crippen LogP contribution in [0.4, 0.5) is 5.82 Å². The number of nitrogens with two attached hydrogens (primary N) is 1. The van der Waals surface area contributed by atoms with Crippen LogP contribution in [-0.4, -0.2) is 28.4 Å². The van der Waals surface area contributed by atoms with Crippen LogP contribution in [0.2, 0.25) is 0 Å². The minimum atomic E-state index is 0.124. The number of rotatable bonds is 1. The van der Waals surface area contributed by atoms with E-state index in [1.165, 1.54) is 19.3 Å². The fourth-order valence-electron chi connectivity index (χ4n) is 3.41. The maximum atomic E-state index is 12.5. The van der Waals surface area contributed by atoms with Gasteiger partial charge in [-0.2, -0.15) is 0 Å². The SMILES string of the molecule is Nc1cc(C(=O)N2CCC3CCCCC32)ccn1. The quantitative estimate of drug-likeness (QED) is 0.824. The van der Waals surface area contributed by atoms with Crippen molar-refractivity contribution in [3.05, 3.63) is 23.9 Å². The number of carbonyl (C=O) groups is 1. The van der Waals surface area contributed by atoms with Crippen LogP contribution in [0.1, 0.15) is 42.5 Å². The number of pyridine rings is 1. The van der Waals surface area contributed by atoms with E-state index in [1.54, 1.807) is 18.3 Å². The van der Waals surface area contributed by atoms with Crippen molar-refractivity contribution in [2.75, 3.05) is 12.3 Å². The fourth-order valence-corrected chi connectivity index (χ4v) is 3.41. The molecular weight excluding hydrogens is 226 g/mol. The lowest BCUT2D eigenvalue weighted by Crippen LogP contribution is -2.39. The van der Waals surface area contributed by atoms with Gasteiger partial charge in [-0.15, -0.1) is 0 Å². The van der Waals surface area contributed by atoms with E-state index in [9.17, 15) is 4.79 Å². The summed E-state index contributed by atoms with van der Waals surface area (Å²) < 4.78 is 0. The summed E-state index contributed by atoms with van der Waals surface area (Å²) in [6.07, 6.45) is 7.80. The molecule has 0 bridgehead atoms. The molecule has 0 spiro atoms. The van der Waals surface area contributed by atoms with Crippen molar-refractivity contribution in [3.8, 4) is 0 Å². The van der Waals surface area contributed by atoms with Gasteiger partial charge >= 0.3 is 0 Å². The topological polar surface area (TPSA) is 59.2 Å². The predicted molar refractivity (Wildman–Crippen MR) is 70.0 cm³/mol. The molecule has 18 heavy (non-hydrogen) atoms. The lowest BCUT2D eigenvalue weighted by molar-refractivity contribution is 0.0690. The average Bonchev–Trinajstić information content (AvgIpc) is 2.82. The molecule has 2 N–H and O–H groups in total. The highest BCUT2D eigenvalue weighted by Crippen LogP contribution is 2.36. The normalized spacial score (nSPS) is 27.0. The first kappa shape index (κ1) is 11.5. The number of fused-ring (bicyclic) bond motifs is 1. The highest BCUT2D eigenvalue weighted by molar-refractivity contribution is 5.95. The zero-order chi connectivity index (χ0) is 12.5. The van der Waals surface area contributed by atoms with Crippen LogP contribution in [0.25, 0.3) is 0 Å². The van der Waals surface area contributed by atoms with Gasteiger partial charge in [0.05, 0.1) is 0 Å². The van der Waals surface area contributed by atoms with Gasteiger partial charge < -0.3 is 10.6 Å². The zero-order valence-electron chi connectivity index (χ0n) is 10.5. The summed E-state index contributed by atoms with van der Waals surface area (Å²) in [5.41, 5.74) is 6.32. The Hall–Kier alpha value is -1.58. The van der Waals surface area contributed by atoms with Gasteiger partial charge in [-0.05, 0) is 37.3 Å². The van der Waals surface area contributed by atoms with E-state index in [-0.39, 0.29) is 5.91 Å². The van der Waals surface area contributed by atoms with E-state index in [0.717, 1.165) is 25.3 Å². The molecule has 1 saturated carbocycles. The van der Waals surface area contributed by atoms with Crippen LogP contribution in [0, 0.1) is 5.92 Å². The monoisotopic (exact) mass is 245 g/mol. The standard InChI is InChI=1S/C14H19N3O/c15-13-9-11(5-7-16-13)14(18)17-8-6-10-3-1-2-4-12(10)17/h5,7,9-10,12H,1-4,6,8H2,(H2,15,16). The second-order valence-corrected chi connectivity index (χ2v) is 5.37. The van der Waals surface area contributed by atoms with Crippen LogP contribution >= 0.6 is 0 Å². The lowest BCUT2D eigenvalue weighted by atomic mass is 9.85. The Morgan fingerprint density at radius 3 is 3.00 bits per heavy atom. The van der Waals surface area contributed by atoms with Crippen molar-refractivity contribution >= 4 is 11.7 Å². The zero-order valence-corrected chi connectivity index (χ0v) is 10.5. The highest BCUT2D eigenvalue weighted by atomic mass is 16.2. The summed E-state index contributed by atoms with van der Waals surface area (Å²) in [5, 5.41) is 0. The Morgan fingerprint density at radius 1 is 1.33 bits per heavy atom. The third-order valence-electron chi connectivity index (χ3n) is 4.30. The first-order valence-electron chi connectivity index (χ1n) is 6.78. The number of aromatic nitrogens is 1. The van der Waals surface area contributed by atoms with Crippen LogP contribution in [0.3, 0.4) is 0 Å². The second-order valence-electron chi connectivity index (χ2n) is 5.37. The minimum Gasteiger partial charge on any atom is -0.384 e. The van der Waals surface area contributed by atoms with Gasteiger partial charge in [0.1, 0.15) is 5.82 Å². The minimum absolute atomic E-state index is 0.124. The molecule has 2 heterocycles. The first-order valence-corrected chi connectivity index (χ1v) is 6.78. The largest absolute Gasteiger partial charge is 0.384 e. The number of carbonyl (C=O) groups excluding carboxylic acids is 1. The molecule has 1 aromatic heterocycles. The van der Waals surface area contributed by atoms with E-state index in [0.29, 0.717) is 17.4 Å². The Morgan fingerprint density at radius 2 is 2.17 bits per heavy atom. The summed E-state index contributed by atoms with van der Waals surface area (Å²) in [7, 11) is 0. The van der Waals surface area contributed by atoms with E-state index < -0.39 is 0 Å². The van der Waals surface area contributed by atoms with Gasteiger partial charge in [-0.3, -0.25) is 4.79 Å². The third-order valence-corrected chi connectivity index (χ3v) is 4.30. The Kier molecular flexibility index (Phi) is 2.94. The molecule has 4 heteroatoms. The number of likely N-dealkylation sites (tertiary alicyclic amines) is 1. The molecule has 2 unspecified atom stereocenters. The van der Waals surface area contributed by atoms with Gasteiger partial charge in [-0.25, -0.2) is 4.98 Å². The number of nitrogen functional groups attached to an aromatic ring is 1. The highest BCUT2D eigenvalue weighted by Gasteiger charge is 2.38. The summed E-state index contributed by atoms with van der Waals surface area (Å²) in [5.74, 6) is 1.26. The van der Waals surface area contributed by atoms with Crippen molar-refractivity contribution < 1.29 is 4.79 Å². The van der Waals surface area contributed by atoms with E-state index in [1.807, 2.05) is 0 Å². The van der Waals surface area contributed by atoms with E-state index in [4.69, 9.17) is 5.73 Å². The number of amides is 1. The van der Waals surface area contributed by atoms with Crippen LogP contribution in [-0.2, 0) is 0 Å². The molecule has 2 aliphatic rings. The molecule has 2 fully saturated rings. The fraction of sp³-hybridized carbons (Fsp3) is 0.571. The molecule has 1 aliphatic heterocycles. The second kappa shape index (κ2) is 4.59. The average molecular weight is 245 g/mol. The Balaban J connectivity index is 1.80. The van der Waals surface area contributed by atoms with E-state index >= 15 is 0 Å². The van der Waals surface area contributed by atoms with Gasteiger partial charge in [0, 0.05) is 24.3 Å².